The lowest BCUT2D eigenvalue weighted by Gasteiger charge is -2.06. The van der Waals surface area contributed by atoms with Gasteiger partial charge in [0, 0.05) is 11.9 Å². The summed E-state index contributed by atoms with van der Waals surface area (Å²) in [6.07, 6.45) is 0. The summed E-state index contributed by atoms with van der Waals surface area (Å²) >= 11 is 7.32. The minimum absolute atomic E-state index is 0.196. The largest absolute Gasteiger partial charge is 0.357 e. The molecule has 0 aliphatic rings. The number of nitrogens with zero attached hydrogens (tertiary/aromatic N) is 3. The van der Waals surface area contributed by atoms with Crippen molar-refractivity contribution in [1.29, 1.82) is 0 Å². The topological polar surface area (TPSA) is 50.7 Å². The SMILES string of the molecule is CNc1nc(Cl)nc(Sc2ccc(C)cc2C)n1. The lowest BCUT2D eigenvalue weighted by Crippen LogP contribution is -2.00. The van der Waals surface area contributed by atoms with E-state index in [0.717, 1.165) is 4.90 Å². The van der Waals surface area contributed by atoms with E-state index in [2.05, 4.69) is 52.3 Å². The zero-order chi connectivity index (χ0) is 13.1. The number of hydrogen-bond acceptors (Lipinski definition) is 5. The van der Waals surface area contributed by atoms with Gasteiger partial charge in [-0.25, -0.2) is 0 Å². The quantitative estimate of drug-likeness (QED) is 0.934. The summed E-state index contributed by atoms with van der Waals surface area (Å²) in [6.45, 7) is 4.14. The molecule has 0 amide bonds. The second-order valence-corrected chi connectivity index (χ2v) is 5.18. The van der Waals surface area contributed by atoms with Gasteiger partial charge in [-0.3, -0.25) is 0 Å². The van der Waals surface area contributed by atoms with Crippen molar-refractivity contribution in [1.82, 2.24) is 15.0 Å². The van der Waals surface area contributed by atoms with Gasteiger partial charge in [0.1, 0.15) is 0 Å². The van der Waals surface area contributed by atoms with E-state index in [1.807, 2.05) is 0 Å². The van der Waals surface area contributed by atoms with Gasteiger partial charge in [-0.05, 0) is 48.8 Å². The average Bonchev–Trinajstić information content (AvgIpc) is 2.32. The number of aromatic nitrogens is 3. The van der Waals surface area contributed by atoms with Crippen LogP contribution in [0.3, 0.4) is 0 Å². The number of halogens is 1. The van der Waals surface area contributed by atoms with Gasteiger partial charge in [0.2, 0.25) is 11.2 Å². The highest BCUT2D eigenvalue weighted by atomic mass is 35.5. The van der Waals surface area contributed by atoms with Gasteiger partial charge in [-0.1, -0.05) is 17.7 Å². The summed E-state index contributed by atoms with van der Waals surface area (Å²) in [6, 6.07) is 6.26. The molecule has 0 saturated carbocycles. The molecule has 0 fully saturated rings. The maximum absolute atomic E-state index is 5.84. The summed E-state index contributed by atoms with van der Waals surface area (Å²) in [5, 5.41) is 3.64. The number of hydrogen-bond donors (Lipinski definition) is 1. The maximum atomic E-state index is 5.84. The van der Waals surface area contributed by atoms with Crippen LogP contribution in [0.15, 0.2) is 28.3 Å². The Morgan fingerprint density at radius 2 is 1.94 bits per heavy atom. The van der Waals surface area contributed by atoms with Gasteiger partial charge in [0.05, 0.1) is 0 Å². The minimum atomic E-state index is 0.196. The van der Waals surface area contributed by atoms with Gasteiger partial charge in [0.25, 0.3) is 0 Å². The Hall–Kier alpha value is -1.33. The van der Waals surface area contributed by atoms with Crippen LogP contribution in [0.5, 0.6) is 0 Å². The Bertz CT molecular complexity index is 574. The smallest absolute Gasteiger partial charge is 0.228 e. The van der Waals surface area contributed by atoms with Crippen LogP contribution in [-0.4, -0.2) is 22.0 Å². The van der Waals surface area contributed by atoms with Gasteiger partial charge in [-0.2, -0.15) is 15.0 Å². The lowest BCUT2D eigenvalue weighted by atomic mass is 10.2. The van der Waals surface area contributed by atoms with E-state index in [9.17, 15) is 0 Å². The molecule has 0 aliphatic heterocycles. The van der Waals surface area contributed by atoms with Crippen molar-refractivity contribution in [2.45, 2.75) is 23.9 Å². The molecule has 0 unspecified atom stereocenters. The van der Waals surface area contributed by atoms with Crippen LogP contribution in [0.1, 0.15) is 11.1 Å². The summed E-state index contributed by atoms with van der Waals surface area (Å²) in [4.78, 5) is 13.4. The van der Waals surface area contributed by atoms with Gasteiger partial charge >= 0.3 is 0 Å². The number of benzene rings is 1. The molecule has 18 heavy (non-hydrogen) atoms. The van der Waals surface area contributed by atoms with E-state index >= 15 is 0 Å². The second-order valence-electron chi connectivity index (χ2n) is 3.83. The molecule has 0 spiro atoms. The van der Waals surface area contributed by atoms with E-state index in [1.54, 1.807) is 7.05 Å². The molecule has 0 atom stereocenters. The van der Waals surface area contributed by atoms with E-state index in [-0.39, 0.29) is 5.28 Å². The predicted molar refractivity (Wildman–Crippen MR) is 74.4 cm³/mol. The van der Waals surface area contributed by atoms with Crippen LogP contribution in [-0.2, 0) is 0 Å². The Morgan fingerprint density at radius 1 is 1.17 bits per heavy atom. The highest BCUT2D eigenvalue weighted by Gasteiger charge is 2.07. The molecule has 0 bridgehead atoms. The molecule has 1 aromatic carbocycles. The molecule has 6 heteroatoms. The highest BCUT2D eigenvalue weighted by molar-refractivity contribution is 7.99. The predicted octanol–water partition coefficient (Wildman–Crippen LogP) is 3.33. The minimum Gasteiger partial charge on any atom is -0.357 e. The molecule has 2 aromatic rings. The molecule has 0 aliphatic carbocycles. The third-order valence-electron chi connectivity index (χ3n) is 2.34. The first kappa shape index (κ1) is 13.1. The Morgan fingerprint density at radius 3 is 2.61 bits per heavy atom. The Labute approximate surface area is 115 Å². The molecule has 0 radical (unpaired) electrons. The molecule has 94 valence electrons. The molecular formula is C12H13ClN4S. The van der Waals surface area contributed by atoms with E-state index in [1.165, 1.54) is 22.9 Å². The van der Waals surface area contributed by atoms with Crippen molar-refractivity contribution in [3.05, 3.63) is 34.6 Å². The molecule has 1 aromatic heterocycles. The van der Waals surface area contributed by atoms with Crippen molar-refractivity contribution in [3.63, 3.8) is 0 Å². The van der Waals surface area contributed by atoms with Crippen LogP contribution < -0.4 is 5.32 Å². The van der Waals surface area contributed by atoms with Crippen molar-refractivity contribution < 1.29 is 0 Å². The van der Waals surface area contributed by atoms with Crippen LogP contribution in [0.2, 0.25) is 5.28 Å². The molecular weight excluding hydrogens is 268 g/mol. The Kier molecular flexibility index (Phi) is 4.04. The van der Waals surface area contributed by atoms with Crippen LogP contribution in [0.25, 0.3) is 0 Å². The van der Waals surface area contributed by atoms with E-state index < -0.39 is 0 Å². The second kappa shape index (κ2) is 5.54. The molecule has 1 heterocycles. The summed E-state index contributed by atoms with van der Waals surface area (Å²) in [7, 11) is 1.75. The zero-order valence-electron chi connectivity index (χ0n) is 10.4. The van der Waals surface area contributed by atoms with Gasteiger partial charge < -0.3 is 5.32 Å². The highest BCUT2D eigenvalue weighted by Crippen LogP contribution is 2.29. The number of aryl methyl sites for hydroxylation is 2. The first-order valence-electron chi connectivity index (χ1n) is 5.43. The monoisotopic (exact) mass is 280 g/mol. The molecule has 2 rings (SSSR count). The summed E-state index contributed by atoms with van der Waals surface area (Å²) in [5.74, 6) is 0.474. The average molecular weight is 281 g/mol. The maximum Gasteiger partial charge on any atom is 0.228 e. The number of rotatable bonds is 3. The van der Waals surface area contributed by atoms with Crippen LogP contribution in [0, 0.1) is 13.8 Å². The summed E-state index contributed by atoms with van der Waals surface area (Å²) in [5.41, 5.74) is 2.43. The fourth-order valence-corrected chi connectivity index (χ4v) is 2.53. The first-order valence-corrected chi connectivity index (χ1v) is 6.62. The standard InChI is InChI=1S/C12H13ClN4S/c1-7-4-5-9(8(2)6-7)18-12-16-10(13)15-11(14-3)17-12/h4-6H,1-3H3,(H,14,15,16,17). The zero-order valence-corrected chi connectivity index (χ0v) is 11.9. The summed E-state index contributed by atoms with van der Waals surface area (Å²) < 4.78 is 0. The number of nitrogens with one attached hydrogen (secondary N) is 1. The van der Waals surface area contributed by atoms with E-state index in [4.69, 9.17) is 11.6 Å². The van der Waals surface area contributed by atoms with Crippen molar-refractivity contribution >= 4 is 29.3 Å². The fourth-order valence-electron chi connectivity index (χ4n) is 1.50. The lowest BCUT2D eigenvalue weighted by molar-refractivity contribution is 0.908. The van der Waals surface area contributed by atoms with E-state index in [0.29, 0.717) is 11.1 Å². The fraction of sp³-hybridized carbons (Fsp3) is 0.250. The van der Waals surface area contributed by atoms with Crippen molar-refractivity contribution in [2.75, 3.05) is 12.4 Å². The van der Waals surface area contributed by atoms with Crippen molar-refractivity contribution in [2.24, 2.45) is 0 Å². The molecule has 1 N–H and O–H groups in total. The number of anilines is 1. The molecule has 4 nitrogen and oxygen atoms in total. The molecule has 0 saturated heterocycles. The van der Waals surface area contributed by atoms with Gasteiger partial charge in [0.15, 0.2) is 5.16 Å². The Balaban J connectivity index is 2.30. The first-order chi connectivity index (χ1) is 8.58. The third-order valence-corrected chi connectivity index (χ3v) is 3.56. The van der Waals surface area contributed by atoms with Crippen LogP contribution in [0.4, 0.5) is 5.95 Å². The normalized spacial score (nSPS) is 10.4. The third kappa shape index (κ3) is 3.11. The van der Waals surface area contributed by atoms with Crippen molar-refractivity contribution in [3.8, 4) is 0 Å². The van der Waals surface area contributed by atoms with Gasteiger partial charge in [-0.15, -0.1) is 0 Å². The van der Waals surface area contributed by atoms with Crippen LogP contribution >= 0.6 is 23.4 Å².